The highest BCUT2D eigenvalue weighted by atomic mass is 32.1. The van der Waals surface area contributed by atoms with Crippen LogP contribution in [0.25, 0.3) is 11.3 Å². The first-order valence-corrected chi connectivity index (χ1v) is 8.98. The lowest BCUT2D eigenvalue weighted by atomic mass is 9.86. The number of benzene rings is 1. The number of hydrogen-bond donors (Lipinski definition) is 2. The van der Waals surface area contributed by atoms with Gasteiger partial charge >= 0.3 is 0 Å². The highest BCUT2D eigenvalue weighted by Crippen LogP contribution is 2.25. The van der Waals surface area contributed by atoms with Gasteiger partial charge in [0, 0.05) is 29.2 Å². The molecule has 1 amide bonds. The van der Waals surface area contributed by atoms with Crippen LogP contribution in [0.1, 0.15) is 41.0 Å². The van der Waals surface area contributed by atoms with Crippen LogP contribution in [0, 0.1) is 12.8 Å². The van der Waals surface area contributed by atoms with Gasteiger partial charge in [-0.15, -0.1) is 11.3 Å². The van der Waals surface area contributed by atoms with Crippen LogP contribution in [0.15, 0.2) is 29.6 Å². The van der Waals surface area contributed by atoms with Crippen LogP contribution in [0.2, 0.25) is 0 Å². The first kappa shape index (κ1) is 16.1. The number of rotatable bonds is 4. The van der Waals surface area contributed by atoms with Gasteiger partial charge in [-0.3, -0.25) is 4.79 Å². The maximum absolute atomic E-state index is 12.5. The van der Waals surface area contributed by atoms with Gasteiger partial charge < -0.3 is 10.4 Å². The molecule has 23 heavy (non-hydrogen) atoms. The number of nitrogens with zero attached hydrogens (tertiary/aromatic N) is 1. The molecule has 1 aliphatic rings. The Morgan fingerprint density at radius 3 is 2.78 bits per heavy atom. The summed E-state index contributed by atoms with van der Waals surface area (Å²) in [7, 11) is 0. The summed E-state index contributed by atoms with van der Waals surface area (Å²) in [5.41, 5.74) is 2.58. The quantitative estimate of drug-likeness (QED) is 0.903. The van der Waals surface area contributed by atoms with E-state index >= 15 is 0 Å². The van der Waals surface area contributed by atoms with E-state index in [0.29, 0.717) is 11.5 Å². The van der Waals surface area contributed by atoms with Crippen molar-refractivity contribution in [3.63, 3.8) is 0 Å². The van der Waals surface area contributed by atoms with E-state index < -0.39 is 0 Å². The third-order valence-electron chi connectivity index (χ3n) is 4.48. The van der Waals surface area contributed by atoms with Crippen LogP contribution in [0.3, 0.4) is 0 Å². The molecule has 1 aromatic carbocycles. The number of hydrogen-bond acceptors (Lipinski definition) is 4. The van der Waals surface area contributed by atoms with E-state index in [9.17, 15) is 9.90 Å². The average molecular weight is 330 g/mol. The van der Waals surface area contributed by atoms with Crippen LogP contribution >= 0.6 is 11.3 Å². The van der Waals surface area contributed by atoms with Crippen molar-refractivity contribution >= 4 is 17.2 Å². The second kappa shape index (κ2) is 7.23. The molecule has 0 atom stereocenters. The number of amides is 1. The second-order valence-electron chi connectivity index (χ2n) is 6.21. The topological polar surface area (TPSA) is 62.2 Å². The Balaban J connectivity index is 1.66. The number of nitrogens with one attached hydrogen (secondary N) is 1. The molecular weight excluding hydrogens is 308 g/mol. The van der Waals surface area contributed by atoms with E-state index in [4.69, 9.17) is 0 Å². The van der Waals surface area contributed by atoms with Crippen molar-refractivity contribution in [1.29, 1.82) is 0 Å². The van der Waals surface area contributed by atoms with Gasteiger partial charge in [0.25, 0.3) is 5.91 Å². The summed E-state index contributed by atoms with van der Waals surface area (Å²) in [6.07, 6.45) is 3.86. The number of carbonyl (C=O) groups excluding carboxylic acids is 1. The molecule has 0 bridgehead atoms. The van der Waals surface area contributed by atoms with E-state index in [1.165, 1.54) is 0 Å². The average Bonchev–Trinajstić information content (AvgIpc) is 3.02. The Labute approximate surface area is 140 Å². The zero-order valence-electron chi connectivity index (χ0n) is 13.3. The highest BCUT2D eigenvalue weighted by molar-refractivity contribution is 7.09. The Bertz CT molecular complexity index is 675. The fourth-order valence-corrected chi connectivity index (χ4v) is 3.70. The summed E-state index contributed by atoms with van der Waals surface area (Å²) in [6.45, 7) is 2.24. The summed E-state index contributed by atoms with van der Waals surface area (Å²) in [5.74, 6) is 0.380. The fourth-order valence-electron chi connectivity index (χ4n) is 3.07. The third kappa shape index (κ3) is 3.98. The molecule has 1 saturated carbocycles. The number of thiazole rings is 1. The van der Waals surface area contributed by atoms with Gasteiger partial charge in [-0.1, -0.05) is 12.1 Å². The monoisotopic (exact) mass is 330 g/mol. The van der Waals surface area contributed by atoms with Crippen molar-refractivity contribution < 1.29 is 9.90 Å². The Kier molecular flexibility index (Phi) is 5.08. The summed E-state index contributed by atoms with van der Waals surface area (Å²) in [5, 5.41) is 15.4. The lowest BCUT2D eigenvalue weighted by Crippen LogP contribution is -2.38. The number of carbonyl (C=O) groups is 1. The molecule has 0 aliphatic heterocycles. The smallest absolute Gasteiger partial charge is 0.251 e. The SMILES string of the molecule is Cc1nc(-c2cccc(C(=O)NC3CCC(CO)CC3)c2)cs1. The van der Waals surface area contributed by atoms with Gasteiger partial charge in [-0.25, -0.2) is 4.98 Å². The molecule has 0 radical (unpaired) electrons. The van der Waals surface area contributed by atoms with E-state index in [1.54, 1.807) is 11.3 Å². The first-order valence-electron chi connectivity index (χ1n) is 8.10. The second-order valence-corrected chi connectivity index (χ2v) is 7.27. The molecule has 1 fully saturated rings. The molecule has 122 valence electrons. The third-order valence-corrected chi connectivity index (χ3v) is 5.25. The van der Waals surface area contributed by atoms with E-state index in [2.05, 4.69) is 10.3 Å². The maximum atomic E-state index is 12.5. The van der Waals surface area contributed by atoms with Gasteiger partial charge in [0.05, 0.1) is 10.7 Å². The minimum Gasteiger partial charge on any atom is -0.396 e. The lowest BCUT2D eigenvalue weighted by Gasteiger charge is -2.28. The molecule has 1 aromatic heterocycles. The lowest BCUT2D eigenvalue weighted by molar-refractivity contribution is 0.0914. The molecule has 1 heterocycles. The minimum atomic E-state index is -0.0220. The molecule has 5 heteroatoms. The number of aryl methyl sites for hydroxylation is 1. The molecule has 0 saturated heterocycles. The molecular formula is C18H22N2O2S. The largest absolute Gasteiger partial charge is 0.396 e. The van der Waals surface area contributed by atoms with Gasteiger partial charge in [0.1, 0.15) is 0 Å². The van der Waals surface area contributed by atoms with Crippen molar-refractivity contribution in [3.8, 4) is 11.3 Å². The van der Waals surface area contributed by atoms with Crippen LogP contribution in [0.4, 0.5) is 0 Å². The van der Waals surface area contributed by atoms with Crippen molar-refractivity contribution in [2.75, 3.05) is 6.61 Å². The number of aliphatic hydroxyl groups is 1. The summed E-state index contributed by atoms with van der Waals surface area (Å²) < 4.78 is 0. The molecule has 0 unspecified atom stereocenters. The van der Waals surface area contributed by atoms with Gasteiger partial charge in [-0.2, -0.15) is 0 Å². The predicted molar refractivity (Wildman–Crippen MR) is 92.6 cm³/mol. The Hall–Kier alpha value is -1.72. The van der Waals surface area contributed by atoms with Crippen molar-refractivity contribution in [1.82, 2.24) is 10.3 Å². The zero-order valence-corrected chi connectivity index (χ0v) is 14.1. The number of aromatic nitrogens is 1. The van der Waals surface area contributed by atoms with Gasteiger partial charge in [-0.05, 0) is 50.7 Å². The summed E-state index contributed by atoms with van der Waals surface area (Å²) in [6, 6.07) is 7.86. The van der Waals surface area contributed by atoms with E-state index in [1.807, 2.05) is 36.6 Å². The van der Waals surface area contributed by atoms with Crippen molar-refractivity contribution in [3.05, 3.63) is 40.2 Å². The fraction of sp³-hybridized carbons (Fsp3) is 0.444. The number of aliphatic hydroxyl groups excluding tert-OH is 1. The van der Waals surface area contributed by atoms with Crippen molar-refractivity contribution in [2.45, 2.75) is 38.6 Å². The van der Waals surface area contributed by atoms with Crippen LogP contribution in [-0.4, -0.2) is 28.6 Å². The van der Waals surface area contributed by atoms with Gasteiger partial charge in [0.15, 0.2) is 0 Å². The normalized spacial score (nSPS) is 21.1. The van der Waals surface area contributed by atoms with Crippen LogP contribution in [0.5, 0.6) is 0 Å². The predicted octanol–water partition coefficient (Wildman–Crippen LogP) is 3.40. The highest BCUT2D eigenvalue weighted by Gasteiger charge is 2.22. The van der Waals surface area contributed by atoms with E-state index in [-0.39, 0.29) is 18.6 Å². The summed E-state index contributed by atoms with van der Waals surface area (Å²) in [4.78, 5) is 17.0. The van der Waals surface area contributed by atoms with Crippen molar-refractivity contribution in [2.24, 2.45) is 5.92 Å². The standard InChI is InChI=1S/C18H22N2O2S/c1-12-19-17(11-23-12)14-3-2-4-15(9-14)18(22)20-16-7-5-13(10-21)6-8-16/h2-4,9,11,13,16,21H,5-8,10H2,1H3,(H,20,22). The molecule has 4 nitrogen and oxygen atoms in total. The Morgan fingerprint density at radius 2 is 2.13 bits per heavy atom. The van der Waals surface area contributed by atoms with Crippen LogP contribution < -0.4 is 5.32 Å². The van der Waals surface area contributed by atoms with Gasteiger partial charge in [0.2, 0.25) is 0 Å². The molecule has 2 aromatic rings. The maximum Gasteiger partial charge on any atom is 0.251 e. The molecule has 1 aliphatic carbocycles. The van der Waals surface area contributed by atoms with Crippen LogP contribution in [-0.2, 0) is 0 Å². The Morgan fingerprint density at radius 1 is 1.35 bits per heavy atom. The molecule has 2 N–H and O–H groups in total. The molecule has 0 spiro atoms. The first-order chi connectivity index (χ1) is 11.2. The van der Waals surface area contributed by atoms with E-state index in [0.717, 1.165) is 41.9 Å². The zero-order chi connectivity index (χ0) is 16.2. The summed E-state index contributed by atoms with van der Waals surface area (Å²) >= 11 is 1.61. The molecule has 3 rings (SSSR count). The minimum absolute atomic E-state index is 0.0220.